The lowest BCUT2D eigenvalue weighted by Gasteiger charge is -2.31. The maximum Gasteiger partial charge on any atom is 0.173 e. The summed E-state index contributed by atoms with van der Waals surface area (Å²) >= 11 is 0. The zero-order valence-corrected chi connectivity index (χ0v) is 23.0. The van der Waals surface area contributed by atoms with Crippen molar-refractivity contribution in [3.63, 3.8) is 0 Å². The lowest BCUT2D eigenvalue weighted by molar-refractivity contribution is 0.0195. The number of aliphatic hydroxyl groups is 2. The van der Waals surface area contributed by atoms with Crippen molar-refractivity contribution in [1.82, 2.24) is 0 Å². The Morgan fingerprint density at radius 1 is 0.919 bits per heavy atom. The SMILES string of the molecule is CCC(C)(O)CCCC(C)(O)Cc1c(OC)cc2c(c1OC)O[C@@H](c1ccc(OC)c(OC)c1)CC2=O. The monoisotopic (exact) mass is 516 g/mol. The quantitative estimate of drug-likeness (QED) is 0.404. The minimum absolute atomic E-state index is 0.0993. The van der Waals surface area contributed by atoms with Gasteiger partial charge in [0.25, 0.3) is 0 Å². The molecule has 2 aromatic rings. The Balaban J connectivity index is 1.95. The van der Waals surface area contributed by atoms with Crippen LogP contribution in [0.3, 0.4) is 0 Å². The van der Waals surface area contributed by atoms with Crippen molar-refractivity contribution in [1.29, 1.82) is 0 Å². The van der Waals surface area contributed by atoms with Gasteiger partial charge >= 0.3 is 0 Å². The number of rotatable bonds is 12. The molecule has 1 aliphatic heterocycles. The van der Waals surface area contributed by atoms with E-state index in [0.29, 0.717) is 65.6 Å². The average Bonchev–Trinajstić information content (AvgIpc) is 2.87. The Kier molecular flexibility index (Phi) is 8.97. The molecule has 0 spiro atoms. The lowest BCUT2D eigenvalue weighted by Crippen LogP contribution is -2.30. The first kappa shape index (κ1) is 28.6. The average molecular weight is 517 g/mol. The second-order valence-electron chi connectivity index (χ2n) is 10.2. The molecule has 0 aromatic heterocycles. The summed E-state index contributed by atoms with van der Waals surface area (Å²) in [5.74, 6) is 2.19. The van der Waals surface area contributed by atoms with E-state index < -0.39 is 17.3 Å². The highest BCUT2D eigenvalue weighted by molar-refractivity contribution is 6.01. The fourth-order valence-corrected chi connectivity index (χ4v) is 4.74. The number of hydrogen-bond donors (Lipinski definition) is 2. The summed E-state index contributed by atoms with van der Waals surface area (Å²) in [5.41, 5.74) is -0.0827. The van der Waals surface area contributed by atoms with Gasteiger partial charge in [0.05, 0.1) is 51.6 Å². The number of fused-ring (bicyclic) bond motifs is 1. The van der Waals surface area contributed by atoms with E-state index in [4.69, 9.17) is 23.7 Å². The first-order valence-corrected chi connectivity index (χ1v) is 12.6. The molecule has 37 heavy (non-hydrogen) atoms. The Hall–Kier alpha value is -2.97. The van der Waals surface area contributed by atoms with Crippen LogP contribution in [0.5, 0.6) is 28.7 Å². The Labute approximate surface area is 219 Å². The Morgan fingerprint density at radius 2 is 1.57 bits per heavy atom. The number of methoxy groups -OCH3 is 4. The fraction of sp³-hybridized carbons (Fsp3) is 0.552. The molecule has 0 fully saturated rings. The standard InChI is InChI=1S/C29H40O8/c1-8-28(2,31)12-9-13-29(3,32)17-20-24(34-5)15-19-21(30)16-23(37-27(19)26(20)36-7)18-10-11-22(33-4)25(14-18)35-6/h10-11,14-15,23,31-32H,8-9,12-13,16-17H2,1-7H3/t23-,28?,29?/m1/s1. The van der Waals surface area contributed by atoms with Gasteiger partial charge in [0.1, 0.15) is 11.9 Å². The summed E-state index contributed by atoms with van der Waals surface area (Å²) in [7, 11) is 6.16. The van der Waals surface area contributed by atoms with Crippen molar-refractivity contribution in [3.8, 4) is 28.7 Å². The van der Waals surface area contributed by atoms with Crippen LogP contribution in [-0.4, -0.2) is 55.6 Å². The molecule has 0 radical (unpaired) electrons. The zero-order chi connectivity index (χ0) is 27.4. The molecular weight excluding hydrogens is 476 g/mol. The first-order chi connectivity index (χ1) is 17.5. The maximum absolute atomic E-state index is 13.2. The first-order valence-electron chi connectivity index (χ1n) is 12.6. The molecule has 8 heteroatoms. The fourth-order valence-electron chi connectivity index (χ4n) is 4.74. The second kappa shape index (κ2) is 11.6. The zero-order valence-electron chi connectivity index (χ0n) is 23.0. The molecule has 2 unspecified atom stereocenters. The van der Waals surface area contributed by atoms with Crippen molar-refractivity contribution in [3.05, 3.63) is 41.0 Å². The van der Waals surface area contributed by atoms with Gasteiger partial charge in [-0.05, 0) is 63.3 Å². The van der Waals surface area contributed by atoms with Gasteiger partial charge in [-0.15, -0.1) is 0 Å². The molecule has 1 aliphatic rings. The van der Waals surface area contributed by atoms with Gasteiger partial charge in [-0.3, -0.25) is 4.79 Å². The molecule has 0 bridgehead atoms. The predicted octanol–water partition coefficient (Wildman–Crippen LogP) is 5.05. The summed E-state index contributed by atoms with van der Waals surface area (Å²) < 4.78 is 28.5. The van der Waals surface area contributed by atoms with Crippen LogP contribution in [0.25, 0.3) is 0 Å². The highest BCUT2D eigenvalue weighted by Crippen LogP contribution is 2.48. The van der Waals surface area contributed by atoms with Crippen LogP contribution in [0.2, 0.25) is 0 Å². The van der Waals surface area contributed by atoms with Crippen LogP contribution in [-0.2, 0) is 6.42 Å². The number of Topliss-reactive ketones (excluding diaryl/α,β-unsaturated/α-hetero) is 1. The van der Waals surface area contributed by atoms with Gasteiger partial charge in [0.2, 0.25) is 0 Å². The minimum atomic E-state index is -1.10. The largest absolute Gasteiger partial charge is 0.496 e. The smallest absolute Gasteiger partial charge is 0.173 e. The molecule has 0 saturated carbocycles. The normalized spacial score (nSPS) is 18.2. The number of ketones is 1. The molecular formula is C29H40O8. The molecule has 3 atom stereocenters. The number of carbonyl (C=O) groups excluding carboxylic acids is 1. The Bertz CT molecular complexity index is 1110. The third-order valence-electron chi connectivity index (χ3n) is 7.18. The molecule has 3 rings (SSSR count). The van der Waals surface area contributed by atoms with Gasteiger partial charge < -0.3 is 33.9 Å². The molecule has 0 aliphatic carbocycles. The third kappa shape index (κ3) is 6.48. The van der Waals surface area contributed by atoms with E-state index in [2.05, 4.69) is 0 Å². The van der Waals surface area contributed by atoms with Crippen LogP contribution >= 0.6 is 0 Å². The third-order valence-corrected chi connectivity index (χ3v) is 7.18. The van der Waals surface area contributed by atoms with E-state index in [1.54, 1.807) is 46.3 Å². The number of hydrogen-bond acceptors (Lipinski definition) is 8. The second-order valence-corrected chi connectivity index (χ2v) is 10.2. The van der Waals surface area contributed by atoms with Crippen molar-refractivity contribution in [2.24, 2.45) is 0 Å². The highest BCUT2D eigenvalue weighted by Gasteiger charge is 2.35. The van der Waals surface area contributed by atoms with Gasteiger partial charge in [-0.2, -0.15) is 0 Å². The van der Waals surface area contributed by atoms with E-state index in [1.807, 2.05) is 13.0 Å². The lowest BCUT2D eigenvalue weighted by atomic mass is 9.86. The topological polar surface area (TPSA) is 104 Å². The van der Waals surface area contributed by atoms with E-state index in [-0.39, 0.29) is 18.6 Å². The summed E-state index contributed by atoms with van der Waals surface area (Å²) in [6.07, 6.45) is 2.17. The minimum Gasteiger partial charge on any atom is -0.496 e. The summed E-state index contributed by atoms with van der Waals surface area (Å²) in [6, 6.07) is 7.09. The molecule has 0 saturated heterocycles. The Morgan fingerprint density at radius 3 is 2.16 bits per heavy atom. The highest BCUT2D eigenvalue weighted by atomic mass is 16.5. The molecule has 1 heterocycles. The van der Waals surface area contributed by atoms with Gasteiger partial charge in [0, 0.05) is 12.0 Å². The van der Waals surface area contributed by atoms with E-state index >= 15 is 0 Å². The van der Waals surface area contributed by atoms with Gasteiger partial charge in [-0.1, -0.05) is 13.0 Å². The molecule has 2 N–H and O–H groups in total. The van der Waals surface area contributed by atoms with Crippen LogP contribution in [0, 0.1) is 0 Å². The molecule has 204 valence electrons. The number of carbonyl (C=O) groups is 1. The van der Waals surface area contributed by atoms with Crippen LogP contribution in [0.15, 0.2) is 24.3 Å². The van der Waals surface area contributed by atoms with Gasteiger partial charge in [-0.25, -0.2) is 0 Å². The summed E-state index contributed by atoms with van der Waals surface area (Å²) in [4.78, 5) is 13.2. The predicted molar refractivity (Wildman–Crippen MR) is 141 cm³/mol. The maximum atomic E-state index is 13.2. The van der Waals surface area contributed by atoms with E-state index in [9.17, 15) is 15.0 Å². The van der Waals surface area contributed by atoms with Crippen LogP contribution < -0.4 is 23.7 Å². The number of benzene rings is 2. The van der Waals surface area contributed by atoms with Crippen molar-refractivity contribution >= 4 is 5.78 Å². The van der Waals surface area contributed by atoms with Crippen molar-refractivity contribution in [2.75, 3.05) is 28.4 Å². The van der Waals surface area contributed by atoms with E-state index in [1.165, 1.54) is 14.2 Å². The van der Waals surface area contributed by atoms with Crippen LogP contribution in [0.4, 0.5) is 0 Å². The molecule has 8 nitrogen and oxygen atoms in total. The van der Waals surface area contributed by atoms with Crippen molar-refractivity contribution < 1.29 is 38.7 Å². The molecule has 0 amide bonds. The van der Waals surface area contributed by atoms with Crippen molar-refractivity contribution in [2.45, 2.75) is 76.6 Å². The van der Waals surface area contributed by atoms with E-state index in [0.717, 1.165) is 5.56 Å². The summed E-state index contributed by atoms with van der Waals surface area (Å²) in [5, 5.41) is 21.6. The number of ether oxygens (including phenoxy) is 5. The van der Waals surface area contributed by atoms with Gasteiger partial charge in [0.15, 0.2) is 28.8 Å². The summed E-state index contributed by atoms with van der Waals surface area (Å²) in [6.45, 7) is 5.50. The van der Waals surface area contributed by atoms with Crippen LogP contribution in [0.1, 0.15) is 80.5 Å². The molecule has 2 aromatic carbocycles.